The molecule has 0 radical (unpaired) electrons. The van der Waals surface area contributed by atoms with Crippen LogP contribution in [0.15, 0.2) is 6.33 Å². The van der Waals surface area contributed by atoms with Crippen molar-refractivity contribution >= 4 is 11.5 Å². The van der Waals surface area contributed by atoms with Crippen LogP contribution in [0.3, 0.4) is 0 Å². The lowest BCUT2D eigenvalue weighted by atomic mass is 10.5. The monoisotopic (exact) mass is 140 g/mol. The highest BCUT2D eigenvalue weighted by Crippen LogP contribution is 2.20. The molecule has 1 heterocycles. The molecule has 5 nitrogen and oxygen atoms in total. The molecular weight excluding hydrogens is 132 g/mol. The summed E-state index contributed by atoms with van der Waals surface area (Å²) in [6, 6.07) is 0. The third kappa shape index (κ3) is 0.928. The quantitative estimate of drug-likeness (QED) is 0.556. The zero-order valence-corrected chi connectivity index (χ0v) is 5.53. The van der Waals surface area contributed by atoms with E-state index in [-0.39, 0.29) is 11.5 Å². The van der Waals surface area contributed by atoms with Gasteiger partial charge in [0.1, 0.15) is 12.0 Å². The van der Waals surface area contributed by atoms with E-state index in [4.69, 9.17) is 16.2 Å². The summed E-state index contributed by atoms with van der Waals surface area (Å²) in [5, 5.41) is 0. The highest BCUT2D eigenvalue weighted by Gasteiger charge is 2.02. The number of nitrogens with two attached hydrogens (primary N) is 2. The lowest BCUT2D eigenvalue weighted by Gasteiger charge is -2.02. The second-order valence-corrected chi connectivity index (χ2v) is 1.68. The molecule has 0 amide bonds. The molecule has 0 bridgehead atoms. The fourth-order valence-electron chi connectivity index (χ4n) is 0.555. The van der Waals surface area contributed by atoms with E-state index in [1.165, 1.54) is 13.4 Å². The third-order valence-electron chi connectivity index (χ3n) is 1.07. The van der Waals surface area contributed by atoms with E-state index in [0.717, 1.165) is 0 Å². The summed E-state index contributed by atoms with van der Waals surface area (Å²) < 4.78 is 4.77. The van der Waals surface area contributed by atoms with Gasteiger partial charge in [-0.15, -0.1) is 0 Å². The fourth-order valence-corrected chi connectivity index (χ4v) is 0.555. The van der Waals surface area contributed by atoms with Gasteiger partial charge in [0.25, 0.3) is 0 Å². The Morgan fingerprint density at radius 2 is 2.10 bits per heavy atom. The normalized spacial score (nSPS) is 9.30. The second-order valence-electron chi connectivity index (χ2n) is 1.68. The van der Waals surface area contributed by atoms with E-state index < -0.39 is 0 Å². The number of aromatic nitrogens is 2. The summed E-state index contributed by atoms with van der Waals surface area (Å²) in [4.78, 5) is 7.37. The van der Waals surface area contributed by atoms with Gasteiger partial charge in [-0.25, -0.2) is 4.98 Å². The third-order valence-corrected chi connectivity index (χ3v) is 1.07. The van der Waals surface area contributed by atoms with Crippen LogP contribution in [-0.4, -0.2) is 17.1 Å². The molecule has 0 atom stereocenters. The number of hydrogen-bond donors (Lipinski definition) is 2. The maximum atomic E-state index is 5.42. The summed E-state index contributed by atoms with van der Waals surface area (Å²) in [6.45, 7) is 0. The van der Waals surface area contributed by atoms with Crippen LogP contribution in [0.5, 0.6) is 5.88 Å². The number of ether oxygens (including phenoxy) is 1. The molecule has 0 saturated heterocycles. The predicted molar refractivity (Wildman–Crippen MR) is 37.4 cm³/mol. The predicted octanol–water partition coefficient (Wildman–Crippen LogP) is -0.350. The van der Waals surface area contributed by atoms with E-state index >= 15 is 0 Å². The molecule has 1 aromatic rings. The summed E-state index contributed by atoms with van der Waals surface area (Å²) in [7, 11) is 1.47. The lowest BCUT2D eigenvalue weighted by molar-refractivity contribution is 0.399. The number of nitrogens with zero attached hydrogens (tertiary/aromatic N) is 2. The summed E-state index contributed by atoms with van der Waals surface area (Å²) in [6.07, 6.45) is 1.30. The van der Waals surface area contributed by atoms with Crippen LogP contribution in [0.25, 0.3) is 0 Å². The Hall–Kier alpha value is -1.52. The average Bonchev–Trinajstić information content (AvgIpc) is 1.95. The molecule has 1 aromatic heterocycles. The van der Waals surface area contributed by atoms with Crippen LogP contribution in [-0.2, 0) is 0 Å². The number of rotatable bonds is 1. The SMILES string of the molecule is COc1ncnc(N)c1N. The first-order valence-corrected chi connectivity index (χ1v) is 2.65. The largest absolute Gasteiger partial charge is 0.479 e. The van der Waals surface area contributed by atoms with Crippen molar-refractivity contribution < 1.29 is 4.74 Å². The Morgan fingerprint density at radius 1 is 1.40 bits per heavy atom. The zero-order valence-electron chi connectivity index (χ0n) is 5.53. The van der Waals surface area contributed by atoms with Gasteiger partial charge >= 0.3 is 0 Å². The standard InChI is InChI=1S/C5H8N4O/c1-10-5-3(6)4(7)8-2-9-5/h2H,6H2,1H3,(H2,7,8,9). The van der Waals surface area contributed by atoms with Gasteiger partial charge in [0, 0.05) is 0 Å². The fraction of sp³-hybridized carbons (Fsp3) is 0.200. The summed E-state index contributed by atoms with van der Waals surface area (Å²) >= 11 is 0. The smallest absolute Gasteiger partial charge is 0.242 e. The molecule has 54 valence electrons. The van der Waals surface area contributed by atoms with E-state index in [0.29, 0.717) is 5.88 Å². The number of methoxy groups -OCH3 is 1. The van der Waals surface area contributed by atoms with Crippen molar-refractivity contribution in [2.24, 2.45) is 0 Å². The van der Waals surface area contributed by atoms with Gasteiger partial charge in [-0.1, -0.05) is 0 Å². The van der Waals surface area contributed by atoms with E-state index in [2.05, 4.69) is 9.97 Å². The molecule has 0 aliphatic rings. The van der Waals surface area contributed by atoms with Crippen molar-refractivity contribution in [2.75, 3.05) is 18.6 Å². The first kappa shape index (κ1) is 6.60. The molecular formula is C5H8N4O. The van der Waals surface area contributed by atoms with Gasteiger partial charge in [-0.2, -0.15) is 4.98 Å². The Balaban J connectivity index is 3.14. The minimum Gasteiger partial charge on any atom is -0.479 e. The van der Waals surface area contributed by atoms with E-state index in [1.807, 2.05) is 0 Å². The van der Waals surface area contributed by atoms with Crippen molar-refractivity contribution in [3.05, 3.63) is 6.33 Å². The van der Waals surface area contributed by atoms with Gasteiger partial charge in [0.2, 0.25) is 5.88 Å². The van der Waals surface area contributed by atoms with Crippen molar-refractivity contribution in [3.63, 3.8) is 0 Å². The van der Waals surface area contributed by atoms with Gasteiger partial charge < -0.3 is 16.2 Å². The molecule has 0 aliphatic carbocycles. The zero-order chi connectivity index (χ0) is 7.56. The summed E-state index contributed by atoms with van der Waals surface area (Å²) in [5.41, 5.74) is 11.0. The van der Waals surface area contributed by atoms with E-state index in [9.17, 15) is 0 Å². The van der Waals surface area contributed by atoms with Crippen molar-refractivity contribution in [1.82, 2.24) is 9.97 Å². The maximum absolute atomic E-state index is 5.42. The van der Waals surface area contributed by atoms with Crippen molar-refractivity contribution in [3.8, 4) is 5.88 Å². The Morgan fingerprint density at radius 3 is 2.60 bits per heavy atom. The minimum atomic E-state index is 0.242. The molecule has 0 aromatic carbocycles. The van der Waals surface area contributed by atoms with Crippen LogP contribution in [0.4, 0.5) is 11.5 Å². The molecule has 0 spiro atoms. The second kappa shape index (κ2) is 2.38. The minimum absolute atomic E-state index is 0.242. The lowest BCUT2D eigenvalue weighted by Crippen LogP contribution is -2.01. The number of nitrogen functional groups attached to an aromatic ring is 2. The molecule has 0 unspecified atom stereocenters. The van der Waals surface area contributed by atoms with Crippen LogP contribution in [0, 0.1) is 0 Å². The molecule has 0 fully saturated rings. The Labute approximate surface area is 58.0 Å². The molecule has 0 saturated carbocycles. The molecule has 4 N–H and O–H groups in total. The maximum Gasteiger partial charge on any atom is 0.242 e. The van der Waals surface area contributed by atoms with Crippen molar-refractivity contribution in [2.45, 2.75) is 0 Å². The number of anilines is 2. The topological polar surface area (TPSA) is 87.0 Å². The number of hydrogen-bond acceptors (Lipinski definition) is 5. The van der Waals surface area contributed by atoms with Crippen LogP contribution < -0.4 is 16.2 Å². The van der Waals surface area contributed by atoms with Gasteiger partial charge in [0.05, 0.1) is 7.11 Å². The molecule has 0 aliphatic heterocycles. The highest BCUT2D eigenvalue weighted by molar-refractivity contribution is 5.63. The van der Waals surface area contributed by atoms with Crippen molar-refractivity contribution in [1.29, 1.82) is 0 Å². The van der Waals surface area contributed by atoms with Gasteiger partial charge in [0.15, 0.2) is 5.82 Å². The molecule has 10 heavy (non-hydrogen) atoms. The van der Waals surface area contributed by atoms with Crippen LogP contribution in [0.2, 0.25) is 0 Å². The van der Waals surface area contributed by atoms with Crippen LogP contribution >= 0.6 is 0 Å². The molecule has 5 heteroatoms. The Bertz CT molecular complexity index is 237. The molecule has 1 rings (SSSR count). The first-order valence-electron chi connectivity index (χ1n) is 2.65. The Kier molecular flexibility index (Phi) is 1.57. The van der Waals surface area contributed by atoms with Gasteiger partial charge in [-0.3, -0.25) is 0 Å². The van der Waals surface area contributed by atoms with Gasteiger partial charge in [-0.05, 0) is 0 Å². The first-order chi connectivity index (χ1) is 4.75. The average molecular weight is 140 g/mol. The summed E-state index contributed by atoms with van der Waals surface area (Å²) in [5.74, 6) is 0.555. The van der Waals surface area contributed by atoms with Crippen LogP contribution in [0.1, 0.15) is 0 Å². The van der Waals surface area contributed by atoms with E-state index in [1.54, 1.807) is 0 Å². The highest BCUT2D eigenvalue weighted by atomic mass is 16.5.